The minimum Gasteiger partial charge on any atom is -0.452 e. The van der Waals surface area contributed by atoms with Crippen LogP contribution < -0.4 is 5.32 Å². The number of furan rings is 1. The quantitative estimate of drug-likeness (QED) is 0.529. The normalized spacial score (nSPS) is 12.3. The van der Waals surface area contributed by atoms with Crippen LogP contribution in [-0.2, 0) is 16.6 Å². The molecule has 0 amide bonds. The van der Waals surface area contributed by atoms with Crippen LogP contribution in [0.25, 0.3) is 0 Å². The zero-order valence-electron chi connectivity index (χ0n) is 12.7. The first-order valence-corrected chi connectivity index (χ1v) is 9.19. The third-order valence-corrected chi connectivity index (χ3v) is 5.80. The highest BCUT2D eigenvalue weighted by Crippen LogP contribution is 2.29. The second-order valence-corrected chi connectivity index (χ2v) is 7.56. The highest BCUT2D eigenvalue weighted by Gasteiger charge is 2.30. The van der Waals surface area contributed by atoms with Gasteiger partial charge in [0.05, 0.1) is 6.54 Å². The van der Waals surface area contributed by atoms with Crippen molar-refractivity contribution < 1.29 is 12.8 Å². The number of hydrogen-bond acceptors (Lipinski definition) is 4. The summed E-state index contributed by atoms with van der Waals surface area (Å²) in [7, 11) is -3.61. The standard InChI is InChI=1S/C14H23BrN2O3S/c1-5-7-16-10-12-9-13(14(15)20-12)21(18,19)17(8-6-2)11(3)4/h6,9,11,16H,2,5,7-8,10H2,1,3-4H3. The van der Waals surface area contributed by atoms with Gasteiger partial charge < -0.3 is 9.73 Å². The van der Waals surface area contributed by atoms with Crippen LogP contribution in [0.3, 0.4) is 0 Å². The van der Waals surface area contributed by atoms with Crippen LogP contribution in [-0.4, -0.2) is 31.9 Å². The van der Waals surface area contributed by atoms with Gasteiger partial charge in [-0.15, -0.1) is 6.58 Å². The molecule has 21 heavy (non-hydrogen) atoms. The van der Waals surface area contributed by atoms with Gasteiger partial charge in [0.25, 0.3) is 0 Å². The van der Waals surface area contributed by atoms with Crippen molar-refractivity contribution >= 4 is 26.0 Å². The summed E-state index contributed by atoms with van der Waals surface area (Å²) >= 11 is 3.20. The molecule has 0 aliphatic carbocycles. The Hall–Kier alpha value is -0.630. The van der Waals surface area contributed by atoms with E-state index in [9.17, 15) is 8.42 Å². The Labute approximate surface area is 135 Å². The van der Waals surface area contributed by atoms with Gasteiger partial charge in [-0.1, -0.05) is 13.0 Å². The average Bonchev–Trinajstić information content (AvgIpc) is 2.77. The van der Waals surface area contributed by atoms with E-state index in [-0.39, 0.29) is 22.2 Å². The van der Waals surface area contributed by atoms with E-state index in [2.05, 4.69) is 34.7 Å². The summed E-state index contributed by atoms with van der Waals surface area (Å²) in [5.74, 6) is 0.594. The number of halogens is 1. The molecule has 1 rings (SSSR count). The summed E-state index contributed by atoms with van der Waals surface area (Å²) in [4.78, 5) is 0.159. The molecule has 0 saturated carbocycles. The summed E-state index contributed by atoms with van der Waals surface area (Å²) in [5, 5.41) is 3.18. The lowest BCUT2D eigenvalue weighted by atomic mass is 10.4. The van der Waals surface area contributed by atoms with Gasteiger partial charge in [0.2, 0.25) is 10.0 Å². The summed E-state index contributed by atoms with van der Waals surface area (Å²) in [6.45, 7) is 11.0. The molecule has 0 spiro atoms. The van der Waals surface area contributed by atoms with Crippen molar-refractivity contribution in [3.05, 3.63) is 29.2 Å². The average molecular weight is 379 g/mol. The molecule has 7 heteroatoms. The van der Waals surface area contributed by atoms with Gasteiger partial charge in [0, 0.05) is 18.7 Å². The molecule has 0 fully saturated rings. The topological polar surface area (TPSA) is 62.6 Å². The lowest BCUT2D eigenvalue weighted by Crippen LogP contribution is -2.37. The Bertz CT molecular complexity index is 567. The molecule has 1 N–H and O–H groups in total. The SMILES string of the molecule is C=CCN(C(C)C)S(=O)(=O)c1cc(CNCCC)oc1Br. The number of hydrogen-bond donors (Lipinski definition) is 1. The number of rotatable bonds is 9. The van der Waals surface area contributed by atoms with Crippen LogP contribution >= 0.6 is 15.9 Å². The second-order valence-electron chi connectivity index (χ2n) is 4.98. The molecular formula is C14H23BrN2O3S. The van der Waals surface area contributed by atoms with Gasteiger partial charge in [-0.05, 0) is 42.7 Å². The van der Waals surface area contributed by atoms with Gasteiger partial charge in [-0.3, -0.25) is 0 Å². The fourth-order valence-corrected chi connectivity index (χ4v) is 4.46. The molecule has 0 saturated heterocycles. The molecule has 0 radical (unpaired) electrons. The van der Waals surface area contributed by atoms with Crippen molar-refractivity contribution in [3.8, 4) is 0 Å². The lowest BCUT2D eigenvalue weighted by molar-refractivity contribution is 0.381. The highest BCUT2D eigenvalue weighted by molar-refractivity contribution is 9.10. The van der Waals surface area contributed by atoms with E-state index in [4.69, 9.17) is 4.42 Å². The first-order chi connectivity index (χ1) is 9.84. The Morgan fingerprint density at radius 3 is 2.71 bits per heavy atom. The second kappa shape index (κ2) is 8.12. The molecule has 1 aromatic rings. The van der Waals surface area contributed by atoms with Gasteiger partial charge >= 0.3 is 0 Å². The molecule has 0 bridgehead atoms. The van der Waals surface area contributed by atoms with Crippen molar-refractivity contribution in [2.75, 3.05) is 13.1 Å². The van der Waals surface area contributed by atoms with Crippen LogP contribution in [0.15, 0.2) is 32.7 Å². The van der Waals surface area contributed by atoms with E-state index < -0.39 is 10.0 Å². The van der Waals surface area contributed by atoms with Crippen LogP contribution in [0.4, 0.5) is 0 Å². The molecule has 120 valence electrons. The predicted molar refractivity (Wildman–Crippen MR) is 87.6 cm³/mol. The van der Waals surface area contributed by atoms with Gasteiger partial charge in [-0.25, -0.2) is 8.42 Å². The van der Waals surface area contributed by atoms with Crippen molar-refractivity contribution in [3.63, 3.8) is 0 Å². The van der Waals surface area contributed by atoms with Gasteiger partial charge in [-0.2, -0.15) is 4.31 Å². The van der Waals surface area contributed by atoms with Crippen LogP contribution in [0.2, 0.25) is 0 Å². The molecule has 1 heterocycles. The molecular weight excluding hydrogens is 356 g/mol. The fourth-order valence-electron chi connectivity index (χ4n) is 1.89. The van der Waals surface area contributed by atoms with E-state index in [1.54, 1.807) is 12.1 Å². The highest BCUT2D eigenvalue weighted by atomic mass is 79.9. The predicted octanol–water partition coefficient (Wildman–Crippen LogP) is 3.13. The first-order valence-electron chi connectivity index (χ1n) is 6.96. The van der Waals surface area contributed by atoms with Crippen LogP contribution in [0, 0.1) is 0 Å². The van der Waals surface area contributed by atoms with Crippen LogP contribution in [0.5, 0.6) is 0 Å². The molecule has 0 unspecified atom stereocenters. The maximum Gasteiger partial charge on any atom is 0.247 e. The summed E-state index contributed by atoms with van der Waals surface area (Å²) < 4.78 is 32.5. The van der Waals surface area contributed by atoms with Crippen molar-refractivity contribution in [2.45, 2.75) is 44.7 Å². The molecule has 5 nitrogen and oxygen atoms in total. The minimum atomic E-state index is -3.61. The first kappa shape index (κ1) is 18.4. The fraction of sp³-hybridized carbons (Fsp3) is 0.571. The maximum atomic E-state index is 12.7. The smallest absolute Gasteiger partial charge is 0.247 e. The lowest BCUT2D eigenvalue weighted by Gasteiger charge is -2.23. The summed E-state index contributed by atoms with van der Waals surface area (Å²) in [5.41, 5.74) is 0. The number of sulfonamides is 1. The zero-order chi connectivity index (χ0) is 16.0. The zero-order valence-corrected chi connectivity index (χ0v) is 15.1. The van der Waals surface area contributed by atoms with E-state index in [1.165, 1.54) is 4.31 Å². The monoisotopic (exact) mass is 378 g/mol. The van der Waals surface area contributed by atoms with E-state index in [1.807, 2.05) is 13.8 Å². The Balaban J connectivity index is 3.04. The van der Waals surface area contributed by atoms with Crippen molar-refractivity contribution in [2.24, 2.45) is 0 Å². The summed E-state index contributed by atoms with van der Waals surface area (Å²) in [6, 6.07) is 1.41. The number of nitrogens with zero attached hydrogens (tertiary/aromatic N) is 1. The Morgan fingerprint density at radius 1 is 1.52 bits per heavy atom. The third-order valence-electron chi connectivity index (χ3n) is 2.90. The summed E-state index contributed by atoms with van der Waals surface area (Å²) in [6.07, 6.45) is 2.59. The van der Waals surface area contributed by atoms with Crippen molar-refractivity contribution in [1.82, 2.24) is 9.62 Å². The Kier molecular flexibility index (Phi) is 7.12. The molecule has 0 aromatic carbocycles. The van der Waals surface area contributed by atoms with Gasteiger partial charge in [0.15, 0.2) is 4.67 Å². The number of nitrogens with one attached hydrogen (secondary N) is 1. The van der Waals surface area contributed by atoms with Crippen molar-refractivity contribution in [1.29, 1.82) is 0 Å². The van der Waals surface area contributed by atoms with Gasteiger partial charge in [0.1, 0.15) is 10.7 Å². The van der Waals surface area contributed by atoms with E-state index in [0.717, 1.165) is 13.0 Å². The Morgan fingerprint density at radius 2 is 2.19 bits per heavy atom. The molecule has 0 aliphatic rings. The largest absolute Gasteiger partial charge is 0.452 e. The molecule has 0 atom stereocenters. The third kappa shape index (κ3) is 4.67. The minimum absolute atomic E-state index is 0.156. The van der Waals surface area contributed by atoms with E-state index in [0.29, 0.717) is 12.3 Å². The maximum absolute atomic E-state index is 12.7. The molecule has 1 aromatic heterocycles. The van der Waals surface area contributed by atoms with E-state index >= 15 is 0 Å². The van der Waals surface area contributed by atoms with Crippen LogP contribution in [0.1, 0.15) is 33.0 Å². The molecule has 0 aliphatic heterocycles.